The van der Waals surface area contributed by atoms with E-state index in [0.29, 0.717) is 0 Å². The summed E-state index contributed by atoms with van der Waals surface area (Å²) in [4.78, 5) is 73.6. The number of esters is 5. The molecule has 0 saturated carbocycles. The topological polar surface area (TPSA) is 170 Å². The molecule has 0 saturated heterocycles. The summed E-state index contributed by atoms with van der Waals surface area (Å²) in [6.45, 7) is 6.99. The van der Waals surface area contributed by atoms with Gasteiger partial charge in [-0.3, -0.25) is 24.0 Å². The summed E-state index contributed by atoms with van der Waals surface area (Å²) in [5.74, 6) is -5.06. The molecule has 0 aromatic heterocycles. The van der Waals surface area contributed by atoms with Crippen LogP contribution in [0.3, 0.4) is 0 Å². The van der Waals surface area contributed by atoms with Gasteiger partial charge in [-0.2, -0.15) is 0 Å². The summed E-state index contributed by atoms with van der Waals surface area (Å²) >= 11 is 0. The van der Waals surface area contributed by atoms with Crippen LogP contribution >= 0.6 is 0 Å². The first kappa shape index (κ1) is 34.5. The zero-order valence-electron chi connectivity index (χ0n) is 25.2. The predicted octanol–water partition coefficient (Wildman–Crippen LogP) is 2.09. The number of allylic oxidation sites excluding steroid dienone is 1. The summed E-state index contributed by atoms with van der Waals surface area (Å²) in [6.07, 6.45) is -2.36. The lowest BCUT2D eigenvalue weighted by Gasteiger charge is -2.43. The molecule has 0 bridgehead atoms. The number of carbonyl (C=O) groups excluding carboxylic acids is 6. The molecule has 0 aliphatic carbocycles. The van der Waals surface area contributed by atoms with Crippen molar-refractivity contribution in [2.75, 3.05) is 13.7 Å². The van der Waals surface area contributed by atoms with E-state index >= 15 is 0 Å². The molecule has 5 atom stereocenters. The van der Waals surface area contributed by atoms with Crippen LogP contribution in [0.15, 0.2) is 41.7 Å². The molecule has 1 amide bonds. The van der Waals surface area contributed by atoms with E-state index in [4.69, 9.17) is 28.4 Å². The van der Waals surface area contributed by atoms with Gasteiger partial charge in [-0.25, -0.2) is 4.79 Å². The fraction of sp³-hybridized carbons (Fsp3) is 0.467. The Morgan fingerprint density at radius 3 is 2.05 bits per heavy atom. The molecule has 43 heavy (non-hydrogen) atoms. The molecule has 0 radical (unpaired) electrons. The van der Waals surface area contributed by atoms with Crippen LogP contribution in [-0.2, 0) is 57.2 Å². The Labute approximate surface area is 249 Å². The van der Waals surface area contributed by atoms with Crippen molar-refractivity contribution < 1.29 is 57.2 Å². The number of aryl methyl sites for hydroxylation is 1. The van der Waals surface area contributed by atoms with E-state index in [1.54, 1.807) is 12.2 Å². The number of methoxy groups -OCH3 is 1. The van der Waals surface area contributed by atoms with Crippen molar-refractivity contribution in [1.82, 2.24) is 5.32 Å². The normalized spacial score (nSPS) is 19.4. The lowest BCUT2D eigenvalue weighted by atomic mass is 9.87. The van der Waals surface area contributed by atoms with E-state index in [1.165, 1.54) is 6.92 Å². The molecule has 1 aromatic carbocycles. The number of rotatable bonds is 12. The number of carbonyl (C=O) groups is 6. The van der Waals surface area contributed by atoms with Gasteiger partial charge in [0.05, 0.1) is 7.11 Å². The number of benzene rings is 1. The highest BCUT2D eigenvalue weighted by atomic mass is 16.6. The first-order valence-corrected chi connectivity index (χ1v) is 13.4. The van der Waals surface area contributed by atoms with E-state index in [2.05, 4.69) is 5.32 Å². The van der Waals surface area contributed by atoms with E-state index in [0.717, 1.165) is 45.9 Å². The zero-order chi connectivity index (χ0) is 32.3. The van der Waals surface area contributed by atoms with E-state index < -0.39 is 72.8 Å². The van der Waals surface area contributed by atoms with Gasteiger partial charge in [0.15, 0.2) is 24.4 Å². The van der Waals surface area contributed by atoms with Gasteiger partial charge in [-0.1, -0.05) is 42.0 Å². The molecule has 0 unspecified atom stereocenters. The van der Waals surface area contributed by atoms with Crippen LogP contribution in [-0.4, -0.2) is 79.9 Å². The molecule has 1 aromatic rings. The van der Waals surface area contributed by atoms with Crippen molar-refractivity contribution in [3.05, 3.63) is 52.8 Å². The second-order valence-corrected chi connectivity index (χ2v) is 9.73. The number of amides is 1. The minimum Gasteiger partial charge on any atom is -0.477 e. The molecule has 1 aliphatic rings. The van der Waals surface area contributed by atoms with Gasteiger partial charge in [-0.05, 0) is 18.9 Å². The fourth-order valence-electron chi connectivity index (χ4n) is 4.43. The van der Waals surface area contributed by atoms with Gasteiger partial charge >= 0.3 is 29.8 Å². The summed E-state index contributed by atoms with van der Waals surface area (Å²) in [5, 5.41) is 2.64. The molecular formula is C30H37NO12. The van der Waals surface area contributed by atoms with Crippen molar-refractivity contribution in [2.24, 2.45) is 0 Å². The molecule has 2 rings (SSSR count). The summed E-state index contributed by atoms with van der Waals surface area (Å²) in [7, 11) is 1.11. The second kappa shape index (κ2) is 16.1. The fourth-order valence-corrected chi connectivity index (χ4v) is 4.43. The van der Waals surface area contributed by atoms with Gasteiger partial charge in [-0.15, -0.1) is 0 Å². The SMILES string of the molecule is COC(=O)C1=C(C/C=C/c2ccc(C)cc2)[C@H](OC(C)=O)[C@@H](NC(C)=O)[C@H]([C@@H](OC(C)=O)[C@@H](COC(C)=O)OC(C)=O)O1. The van der Waals surface area contributed by atoms with Gasteiger partial charge in [0.25, 0.3) is 0 Å². The third-order valence-corrected chi connectivity index (χ3v) is 6.09. The van der Waals surface area contributed by atoms with Crippen LogP contribution in [0.1, 0.15) is 52.2 Å². The highest BCUT2D eigenvalue weighted by Crippen LogP contribution is 2.34. The summed E-state index contributed by atoms with van der Waals surface area (Å²) in [5.41, 5.74) is 2.06. The number of hydrogen-bond acceptors (Lipinski definition) is 12. The minimum absolute atomic E-state index is 0.0120. The molecular weight excluding hydrogens is 566 g/mol. The average Bonchev–Trinajstić information content (AvgIpc) is 2.91. The highest BCUT2D eigenvalue weighted by Gasteiger charge is 2.51. The molecule has 1 N–H and O–H groups in total. The van der Waals surface area contributed by atoms with Crippen molar-refractivity contribution in [3.8, 4) is 0 Å². The quantitative estimate of drug-likeness (QED) is 0.273. The standard InChI is InChI=1S/C30H37NO12/c1-16-11-13-22(14-12-16)9-8-10-23-26(41-20(5)35)25(31-17(2)32)29(43-27(23)30(37)38-7)28(42-21(6)36)24(40-19(4)34)15-39-18(3)33/h8-9,11-14,24-26,28-29H,10,15H2,1-7H3,(H,31,32)/b9-8+/t24-,25-,26+,28+,29-/m1/s1. The Morgan fingerprint density at radius 1 is 0.907 bits per heavy atom. The van der Waals surface area contributed by atoms with Crippen molar-refractivity contribution >= 4 is 41.8 Å². The van der Waals surface area contributed by atoms with Crippen LogP contribution in [0, 0.1) is 6.92 Å². The van der Waals surface area contributed by atoms with Gasteiger partial charge < -0.3 is 33.7 Å². The van der Waals surface area contributed by atoms with Gasteiger partial charge in [0.1, 0.15) is 12.6 Å². The van der Waals surface area contributed by atoms with Crippen molar-refractivity contribution in [1.29, 1.82) is 0 Å². The first-order valence-electron chi connectivity index (χ1n) is 13.4. The Bertz CT molecular complexity index is 1270. The van der Waals surface area contributed by atoms with E-state index in [-0.39, 0.29) is 17.8 Å². The first-order chi connectivity index (χ1) is 20.2. The maximum absolute atomic E-state index is 13.0. The van der Waals surface area contributed by atoms with E-state index in [9.17, 15) is 28.8 Å². The number of ether oxygens (including phenoxy) is 6. The Kier molecular flexibility index (Phi) is 12.9. The van der Waals surface area contributed by atoms with Gasteiger partial charge in [0.2, 0.25) is 11.7 Å². The monoisotopic (exact) mass is 603 g/mol. The molecule has 0 fully saturated rings. The number of nitrogens with one attached hydrogen (secondary N) is 1. The molecule has 1 aliphatic heterocycles. The maximum Gasteiger partial charge on any atom is 0.373 e. The highest BCUT2D eigenvalue weighted by molar-refractivity contribution is 5.88. The maximum atomic E-state index is 13.0. The zero-order valence-corrected chi connectivity index (χ0v) is 25.2. The second-order valence-electron chi connectivity index (χ2n) is 9.73. The molecule has 1 heterocycles. The van der Waals surface area contributed by atoms with Crippen molar-refractivity contribution in [3.63, 3.8) is 0 Å². The lowest BCUT2D eigenvalue weighted by molar-refractivity contribution is -0.192. The predicted molar refractivity (Wildman–Crippen MR) is 150 cm³/mol. The van der Waals surface area contributed by atoms with Crippen molar-refractivity contribution in [2.45, 2.75) is 78.4 Å². The van der Waals surface area contributed by atoms with Gasteiger partial charge in [0, 0.05) is 40.2 Å². The third-order valence-electron chi connectivity index (χ3n) is 6.09. The average molecular weight is 604 g/mol. The molecule has 0 spiro atoms. The Morgan fingerprint density at radius 2 is 1.53 bits per heavy atom. The van der Waals surface area contributed by atoms with Crippen LogP contribution in [0.4, 0.5) is 0 Å². The van der Waals surface area contributed by atoms with Crippen LogP contribution in [0.25, 0.3) is 6.08 Å². The molecule has 13 nitrogen and oxygen atoms in total. The van der Waals surface area contributed by atoms with E-state index in [1.807, 2.05) is 31.2 Å². The molecule has 13 heteroatoms. The van der Waals surface area contributed by atoms with Crippen LogP contribution in [0.2, 0.25) is 0 Å². The number of hydrogen-bond donors (Lipinski definition) is 1. The summed E-state index contributed by atoms with van der Waals surface area (Å²) < 4.78 is 32.5. The Hall–Kier alpha value is -4.68. The smallest absolute Gasteiger partial charge is 0.373 e. The summed E-state index contributed by atoms with van der Waals surface area (Å²) in [6, 6.07) is 6.34. The lowest BCUT2D eigenvalue weighted by Crippen LogP contribution is -2.63. The minimum atomic E-state index is -1.57. The van der Waals surface area contributed by atoms with Crippen LogP contribution in [0.5, 0.6) is 0 Å². The third kappa shape index (κ3) is 10.6. The molecule has 234 valence electrons. The Balaban J connectivity index is 2.74. The largest absolute Gasteiger partial charge is 0.477 e. The van der Waals surface area contributed by atoms with Crippen LogP contribution < -0.4 is 5.32 Å².